The minimum Gasteiger partial charge on any atom is -0.312 e. The molecule has 1 aromatic rings. The van der Waals surface area contributed by atoms with Gasteiger partial charge in [-0.3, -0.25) is 4.55 Å². The van der Waals surface area contributed by atoms with Crippen molar-refractivity contribution in [2.75, 3.05) is 0 Å². The highest BCUT2D eigenvalue weighted by atomic mass is 32.2. The van der Waals surface area contributed by atoms with E-state index < -0.39 is 16.3 Å². The van der Waals surface area contributed by atoms with Crippen molar-refractivity contribution in [3.63, 3.8) is 0 Å². The van der Waals surface area contributed by atoms with Crippen LogP contribution in [-0.4, -0.2) is 13.0 Å². The van der Waals surface area contributed by atoms with Gasteiger partial charge < -0.3 is 11.5 Å². The molecular weight excluding hydrogens is 192 g/mol. The van der Waals surface area contributed by atoms with Gasteiger partial charge in [-0.1, -0.05) is 12.1 Å². The summed E-state index contributed by atoms with van der Waals surface area (Å²) in [4.78, 5) is -0.170. The molecule has 0 saturated heterocycles. The first kappa shape index (κ1) is 10.1. The Hall–Kier alpha value is -0.950. The summed E-state index contributed by atoms with van der Waals surface area (Å²) in [5.74, 6) is 0. The summed E-state index contributed by atoms with van der Waals surface area (Å²) < 4.78 is 29.8. The van der Waals surface area contributed by atoms with Gasteiger partial charge in [0.25, 0.3) is 10.1 Å². The quantitative estimate of drug-likeness (QED) is 0.456. The number of rotatable bonds is 2. The Balaban J connectivity index is 3.08. The number of hydrogen-bond donors (Lipinski definition) is 3. The van der Waals surface area contributed by atoms with E-state index in [-0.39, 0.29) is 4.90 Å². The molecule has 0 bridgehead atoms. The molecule has 0 fully saturated rings. The zero-order chi connectivity index (χ0) is 10.1. The molecule has 5 N–H and O–H groups in total. The Labute approximate surface area is 76.1 Å². The van der Waals surface area contributed by atoms with Crippen molar-refractivity contribution in [3.8, 4) is 0 Å². The van der Waals surface area contributed by atoms with E-state index in [0.29, 0.717) is 5.56 Å². The van der Waals surface area contributed by atoms with E-state index in [4.69, 9.17) is 16.0 Å². The highest BCUT2D eigenvalue weighted by Crippen LogP contribution is 2.11. The van der Waals surface area contributed by atoms with E-state index in [2.05, 4.69) is 0 Å². The summed E-state index contributed by atoms with van der Waals surface area (Å²) in [7, 11) is -4.13. The normalized spacial score (nSPS) is 12.0. The first-order valence-electron chi connectivity index (χ1n) is 3.50. The predicted molar refractivity (Wildman–Crippen MR) is 47.4 cm³/mol. The average molecular weight is 202 g/mol. The van der Waals surface area contributed by atoms with E-state index in [1.165, 1.54) is 24.3 Å². The number of nitrogens with two attached hydrogens (primary N) is 2. The maximum Gasteiger partial charge on any atom is 0.294 e. The molecule has 0 saturated carbocycles. The monoisotopic (exact) mass is 202 g/mol. The lowest BCUT2D eigenvalue weighted by Crippen LogP contribution is -2.19. The maximum absolute atomic E-state index is 10.6. The standard InChI is InChI=1S/C7H10N2O3S/c8-7(9)5-1-3-6(4-2-5)13(10,11)12/h1-4,7H,8-9H2,(H,10,11,12). The summed E-state index contributed by atoms with van der Waals surface area (Å²) in [6.07, 6.45) is -0.643. The SMILES string of the molecule is NC(N)c1ccc(S(=O)(=O)O)cc1. The van der Waals surface area contributed by atoms with Crippen LogP contribution in [0.25, 0.3) is 0 Å². The molecular formula is C7H10N2O3S. The Kier molecular flexibility index (Phi) is 2.67. The molecule has 72 valence electrons. The van der Waals surface area contributed by atoms with Crippen LogP contribution >= 0.6 is 0 Å². The Morgan fingerprint density at radius 2 is 1.62 bits per heavy atom. The molecule has 13 heavy (non-hydrogen) atoms. The molecule has 0 radical (unpaired) electrons. The van der Waals surface area contributed by atoms with Gasteiger partial charge in [-0.2, -0.15) is 8.42 Å². The van der Waals surface area contributed by atoms with Crippen LogP contribution in [0.2, 0.25) is 0 Å². The van der Waals surface area contributed by atoms with Crippen LogP contribution in [0.1, 0.15) is 11.7 Å². The van der Waals surface area contributed by atoms with Crippen molar-refractivity contribution in [1.29, 1.82) is 0 Å². The first-order valence-corrected chi connectivity index (χ1v) is 4.94. The third-order valence-corrected chi connectivity index (χ3v) is 2.43. The Bertz CT molecular complexity index is 383. The van der Waals surface area contributed by atoms with Crippen molar-refractivity contribution in [2.24, 2.45) is 11.5 Å². The molecule has 0 aliphatic heterocycles. The molecule has 5 nitrogen and oxygen atoms in total. The molecule has 1 rings (SSSR count). The molecule has 0 unspecified atom stereocenters. The van der Waals surface area contributed by atoms with Gasteiger partial charge in [0.05, 0.1) is 11.1 Å². The van der Waals surface area contributed by atoms with Crippen LogP contribution in [0, 0.1) is 0 Å². The van der Waals surface area contributed by atoms with Gasteiger partial charge in [0.15, 0.2) is 0 Å². The van der Waals surface area contributed by atoms with Crippen LogP contribution in [0.15, 0.2) is 29.2 Å². The third kappa shape index (κ3) is 2.49. The first-order chi connectivity index (χ1) is 5.91. The molecule has 0 spiro atoms. The van der Waals surface area contributed by atoms with Gasteiger partial charge >= 0.3 is 0 Å². The van der Waals surface area contributed by atoms with E-state index in [1.54, 1.807) is 0 Å². The number of hydrogen-bond acceptors (Lipinski definition) is 4. The van der Waals surface area contributed by atoms with Crippen molar-refractivity contribution in [2.45, 2.75) is 11.1 Å². The molecule has 0 aliphatic carbocycles. The van der Waals surface area contributed by atoms with Crippen molar-refractivity contribution < 1.29 is 13.0 Å². The average Bonchev–Trinajstić information content (AvgIpc) is 2.03. The topological polar surface area (TPSA) is 106 Å². The van der Waals surface area contributed by atoms with Crippen LogP contribution in [-0.2, 0) is 10.1 Å². The van der Waals surface area contributed by atoms with Crippen LogP contribution in [0.5, 0.6) is 0 Å². The summed E-state index contributed by atoms with van der Waals surface area (Å²) in [5, 5.41) is 0. The van der Waals surface area contributed by atoms with Crippen LogP contribution < -0.4 is 11.5 Å². The Morgan fingerprint density at radius 3 is 1.92 bits per heavy atom. The largest absolute Gasteiger partial charge is 0.312 e. The lowest BCUT2D eigenvalue weighted by molar-refractivity contribution is 0.483. The highest BCUT2D eigenvalue weighted by Gasteiger charge is 2.09. The minimum absolute atomic E-state index is 0.170. The summed E-state index contributed by atoms with van der Waals surface area (Å²) in [5.41, 5.74) is 11.3. The van der Waals surface area contributed by atoms with Crippen molar-refractivity contribution in [1.82, 2.24) is 0 Å². The lowest BCUT2D eigenvalue weighted by Gasteiger charge is -2.05. The van der Waals surface area contributed by atoms with Gasteiger partial charge in [0.1, 0.15) is 0 Å². The second-order valence-electron chi connectivity index (χ2n) is 2.57. The molecule has 0 aromatic heterocycles. The molecule has 0 aliphatic rings. The van der Waals surface area contributed by atoms with Crippen molar-refractivity contribution >= 4 is 10.1 Å². The second kappa shape index (κ2) is 3.43. The lowest BCUT2D eigenvalue weighted by atomic mass is 10.2. The van der Waals surface area contributed by atoms with Gasteiger partial charge in [-0.25, -0.2) is 0 Å². The smallest absolute Gasteiger partial charge is 0.294 e. The van der Waals surface area contributed by atoms with Crippen molar-refractivity contribution in [3.05, 3.63) is 29.8 Å². The fraction of sp³-hybridized carbons (Fsp3) is 0.143. The van der Waals surface area contributed by atoms with Crippen LogP contribution in [0.4, 0.5) is 0 Å². The van der Waals surface area contributed by atoms with Crippen LogP contribution in [0.3, 0.4) is 0 Å². The molecule has 0 heterocycles. The van der Waals surface area contributed by atoms with E-state index in [0.717, 1.165) is 0 Å². The second-order valence-corrected chi connectivity index (χ2v) is 3.99. The van der Waals surface area contributed by atoms with Gasteiger partial charge in [-0.05, 0) is 17.7 Å². The zero-order valence-electron chi connectivity index (χ0n) is 6.71. The summed E-state index contributed by atoms with van der Waals surface area (Å²) in [6, 6.07) is 5.40. The predicted octanol–water partition coefficient (Wildman–Crippen LogP) is -0.151. The van der Waals surface area contributed by atoms with Gasteiger partial charge in [0.2, 0.25) is 0 Å². The highest BCUT2D eigenvalue weighted by molar-refractivity contribution is 7.85. The maximum atomic E-state index is 10.6. The molecule has 1 aromatic carbocycles. The van der Waals surface area contributed by atoms with E-state index in [9.17, 15) is 8.42 Å². The van der Waals surface area contributed by atoms with Gasteiger partial charge in [0, 0.05) is 0 Å². The third-order valence-electron chi connectivity index (χ3n) is 1.56. The fourth-order valence-electron chi connectivity index (χ4n) is 0.862. The zero-order valence-corrected chi connectivity index (χ0v) is 7.53. The van der Waals surface area contributed by atoms with Gasteiger partial charge in [-0.15, -0.1) is 0 Å². The molecule has 0 amide bonds. The minimum atomic E-state index is -4.13. The summed E-state index contributed by atoms with van der Waals surface area (Å²) in [6.45, 7) is 0. The fourth-order valence-corrected chi connectivity index (χ4v) is 1.34. The molecule has 6 heteroatoms. The molecule has 0 atom stereocenters. The Morgan fingerprint density at radius 1 is 1.15 bits per heavy atom. The number of benzene rings is 1. The summed E-state index contributed by atoms with van der Waals surface area (Å²) >= 11 is 0. The van der Waals surface area contributed by atoms with E-state index in [1.807, 2.05) is 0 Å². The van der Waals surface area contributed by atoms with E-state index >= 15 is 0 Å².